The summed E-state index contributed by atoms with van der Waals surface area (Å²) in [6.45, 7) is 0.196. The van der Waals surface area contributed by atoms with Crippen LogP contribution in [0.4, 0.5) is 0 Å². The van der Waals surface area contributed by atoms with Crippen molar-refractivity contribution in [1.82, 2.24) is 4.90 Å². The Bertz CT molecular complexity index is 391. The first-order chi connectivity index (χ1) is 8.02. The largest absolute Gasteiger partial charge is 0.481 e. The number of aliphatic carboxylic acids is 2. The zero-order valence-electron chi connectivity index (χ0n) is 9.54. The minimum Gasteiger partial charge on any atom is -0.481 e. The van der Waals surface area contributed by atoms with Gasteiger partial charge >= 0.3 is 11.9 Å². The van der Waals surface area contributed by atoms with E-state index >= 15 is 0 Å². The van der Waals surface area contributed by atoms with Crippen LogP contribution in [-0.4, -0.2) is 40.6 Å². The van der Waals surface area contributed by atoms with Gasteiger partial charge in [-0.3, -0.25) is 14.5 Å². The molecule has 5 nitrogen and oxygen atoms in total. The van der Waals surface area contributed by atoms with Crippen LogP contribution in [-0.2, 0) is 9.59 Å². The van der Waals surface area contributed by atoms with Crippen LogP contribution in [0.1, 0.15) is 18.0 Å². The van der Waals surface area contributed by atoms with E-state index in [1.165, 1.54) is 4.90 Å². The molecule has 2 N–H and O–H groups in total. The zero-order valence-corrected chi connectivity index (χ0v) is 9.54. The summed E-state index contributed by atoms with van der Waals surface area (Å²) in [6, 6.07) is 7.95. The number of rotatable bonds is 6. The summed E-state index contributed by atoms with van der Waals surface area (Å²) in [6.07, 6.45) is -0.0763. The van der Waals surface area contributed by atoms with E-state index in [0.717, 1.165) is 0 Å². The molecule has 0 radical (unpaired) electrons. The smallest absolute Gasteiger partial charge is 0.325 e. The molecule has 1 aromatic rings. The van der Waals surface area contributed by atoms with Crippen molar-refractivity contribution < 1.29 is 19.8 Å². The van der Waals surface area contributed by atoms with Crippen LogP contribution < -0.4 is 0 Å². The minimum absolute atomic E-state index is 0.0763. The lowest BCUT2D eigenvalue weighted by molar-refractivity contribution is -0.144. The molecular weight excluding hydrogens is 222 g/mol. The maximum atomic E-state index is 11.2. The van der Waals surface area contributed by atoms with Crippen LogP contribution in [0.25, 0.3) is 0 Å². The lowest BCUT2D eigenvalue weighted by atomic mass is 10.1. The summed E-state index contributed by atoms with van der Waals surface area (Å²) < 4.78 is 0. The third kappa shape index (κ3) is 3.88. The molecule has 0 bridgehead atoms. The first-order valence-corrected chi connectivity index (χ1v) is 5.22. The first kappa shape index (κ1) is 13.2. The predicted octanol–water partition coefficient (Wildman–Crippen LogP) is 1.22. The average Bonchev–Trinajstić information content (AvgIpc) is 2.27. The van der Waals surface area contributed by atoms with E-state index in [0.29, 0.717) is 5.56 Å². The highest BCUT2D eigenvalue weighted by Gasteiger charge is 2.24. The fourth-order valence-electron chi connectivity index (χ4n) is 1.62. The Balaban J connectivity index is 2.79. The quantitative estimate of drug-likeness (QED) is 0.777. The Morgan fingerprint density at radius 1 is 1.24 bits per heavy atom. The van der Waals surface area contributed by atoms with Crippen molar-refractivity contribution in [1.29, 1.82) is 0 Å². The van der Waals surface area contributed by atoms with Crippen molar-refractivity contribution >= 4 is 11.9 Å². The zero-order chi connectivity index (χ0) is 12.8. The summed E-state index contributed by atoms with van der Waals surface area (Å²) >= 11 is 0. The van der Waals surface area contributed by atoms with Crippen molar-refractivity contribution in [2.75, 3.05) is 13.6 Å². The second-order valence-corrected chi connectivity index (χ2v) is 3.78. The highest BCUT2D eigenvalue weighted by Crippen LogP contribution is 2.19. The van der Waals surface area contributed by atoms with Crippen LogP contribution in [0.15, 0.2) is 30.3 Å². The summed E-state index contributed by atoms with van der Waals surface area (Å²) in [5.41, 5.74) is 0.646. The summed E-state index contributed by atoms with van der Waals surface area (Å²) in [5.74, 6) is -1.92. The average molecular weight is 237 g/mol. The normalized spacial score (nSPS) is 12.4. The number of carbonyl (C=O) groups is 2. The summed E-state index contributed by atoms with van der Waals surface area (Å²) in [5, 5.41) is 17.8. The third-order valence-electron chi connectivity index (χ3n) is 2.47. The summed E-state index contributed by atoms with van der Waals surface area (Å²) in [4.78, 5) is 23.2. The Morgan fingerprint density at radius 3 is 2.29 bits per heavy atom. The van der Waals surface area contributed by atoms with Gasteiger partial charge in [0.2, 0.25) is 0 Å². The molecule has 0 aromatic heterocycles. The van der Waals surface area contributed by atoms with Gasteiger partial charge in [-0.15, -0.1) is 0 Å². The van der Waals surface area contributed by atoms with E-state index in [9.17, 15) is 14.7 Å². The molecule has 1 rings (SSSR count). The van der Waals surface area contributed by atoms with E-state index in [2.05, 4.69) is 0 Å². The van der Waals surface area contributed by atoms with Crippen molar-refractivity contribution in [2.45, 2.75) is 12.5 Å². The molecule has 17 heavy (non-hydrogen) atoms. The Morgan fingerprint density at radius 2 is 1.82 bits per heavy atom. The Hall–Kier alpha value is -1.88. The Kier molecular flexibility index (Phi) is 4.66. The van der Waals surface area contributed by atoms with Gasteiger partial charge in [-0.2, -0.15) is 0 Å². The standard InChI is InChI=1S/C12H15NO4/c1-13(8-7-10(14)15)11(12(16)17)9-5-3-2-4-6-9/h2-6,11H,7-8H2,1H3,(H,14,15)(H,16,17). The Labute approximate surface area is 99.3 Å². The number of hydrogen-bond acceptors (Lipinski definition) is 3. The van der Waals surface area contributed by atoms with E-state index in [4.69, 9.17) is 5.11 Å². The van der Waals surface area contributed by atoms with Gasteiger partial charge in [-0.1, -0.05) is 30.3 Å². The van der Waals surface area contributed by atoms with Crippen LogP contribution in [0, 0.1) is 0 Å². The summed E-state index contributed by atoms with van der Waals surface area (Å²) in [7, 11) is 1.61. The van der Waals surface area contributed by atoms with Crippen LogP contribution in [0.5, 0.6) is 0 Å². The van der Waals surface area contributed by atoms with Gasteiger partial charge in [0.25, 0.3) is 0 Å². The molecule has 1 unspecified atom stereocenters. The number of nitrogens with zero attached hydrogens (tertiary/aromatic N) is 1. The first-order valence-electron chi connectivity index (χ1n) is 5.22. The molecule has 0 saturated carbocycles. The van der Waals surface area contributed by atoms with Gasteiger partial charge < -0.3 is 10.2 Å². The molecule has 92 valence electrons. The SMILES string of the molecule is CN(CCC(=O)O)C(C(=O)O)c1ccccc1. The molecule has 0 heterocycles. The van der Waals surface area contributed by atoms with Gasteiger partial charge in [0.05, 0.1) is 6.42 Å². The van der Waals surface area contributed by atoms with Crippen molar-refractivity contribution in [3.05, 3.63) is 35.9 Å². The topological polar surface area (TPSA) is 77.8 Å². The van der Waals surface area contributed by atoms with Gasteiger partial charge in [-0.05, 0) is 12.6 Å². The predicted molar refractivity (Wildman–Crippen MR) is 61.7 cm³/mol. The second kappa shape index (κ2) is 6.00. The number of carboxylic acids is 2. The molecule has 0 aliphatic carbocycles. The molecule has 0 aliphatic rings. The monoisotopic (exact) mass is 237 g/mol. The molecule has 0 spiro atoms. The molecule has 1 atom stereocenters. The fourth-order valence-corrected chi connectivity index (χ4v) is 1.62. The molecule has 5 heteroatoms. The van der Waals surface area contributed by atoms with Crippen LogP contribution in [0.3, 0.4) is 0 Å². The van der Waals surface area contributed by atoms with Crippen molar-refractivity contribution in [3.63, 3.8) is 0 Å². The lowest BCUT2D eigenvalue weighted by Gasteiger charge is -2.24. The molecule has 0 fully saturated rings. The maximum absolute atomic E-state index is 11.2. The third-order valence-corrected chi connectivity index (χ3v) is 2.47. The van der Waals surface area contributed by atoms with E-state index in [1.54, 1.807) is 37.4 Å². The number of carboxylic acid groups (broad SMARTS) is 2. The maximum Gasteiger partial charge on any atom is 0.325 e. The minimum atomic E-state index is -0.982. The lowest BCUT2D eigenvalue weighted by Crippen LogP contribution is -2.32. The van der Waals surface area contributed by atoms with Crippen molar-refractivity contribution in [2.24, 2.45) is 0 Å². The van der Waals surface area contributed by atoms with Gasteiger partial charge in [0.1, 0.15) is 6.04 Å². The fraction of sp³-hybridized carbons (Fsp3) is 0.333. The molecule has 0 aliphatic heterocycles. The van der Waals surface area contributed by atoms with E-state index in [1.807, 2.05) is 0 Å². The molecule has 0 saturated heterocycles. The second-order valence-electron chi connectivity index (χ2n) is 3.78. The van der Waals surface area contributed by atoms with E-state index in [-0.39, 0.29) is 13.0 Å². The highest BCUT2D eigenvalue weighted by atomic mass is 16.4. The van der Waals surface area contributed by atoms with Crippen LogP contribution >= 0.6 is 0 Å². The van der Waals surface area contributed by atoms with E-state index < -0.39 is 18.0 Å². The van der Waals surface area contributed by atoms with Crippen molar-refractivity contribution in [3.8, 4) is 0 Å². The van der Waals surface area contributed by atoms with Gasteiger partial charge in [0.15, 0.2) is 0 Å². The molecule has 0 amide bonds. The van der Waals surface area contributed by atoms with Crippen LogP contribution in [0.2, 0.25) is 0 Å². The highest BCUT2D eigenvalue weighted by molar-refractivity contribution is 5.75. The number of likely N-dealkylation sites (N-methyl/N-ethyl adjacent to an activating group) is 1. The molecular formula is C12H15NO4. The van der Waals surface area contributed by atoms with Gasteiger partial charge in [0, 0.05) is 6.54 Å². The van der Waals surface area contributed by atoms with Gasteiger partial charge in [-0.25, -0.2) is 0 Å². The number of benzene rings is 1. The molecule has 1 aromatic carbocycles. The number of hydrogen-bond donors (Lipinski definition) is 2.